The minimum Gasteiger partial charge on any atom is -0.463 e. The van der Waals surface area contributed by atoms with Crippen molar-refractivity contribution in [2.45, 2.75) is 32.7 Å². The molecule has 6 heteroatoms. The number of nitrogens with zero attached hydrogens (tertiary/aromatic N) is 2. The zero-order valence-corrected chi connectivity index (χ0v) is 16.4. The summed E-state index contributed by atoms with van der Waals surface area (Å²) in [5.41, 5.74) is 3.66. The molecule has 0 aliphatic carbocycles. The Hall–Kier alpha value is -2.86. The molecule has 3 aromatic rings. The van der Waals surface area contributed by atoms with Gasteiger partial charge in [-0.3, -0.25) is 4.79 Å². The highest BCUT2D eigenvalue weighted by atomic mass is 16.3. The predicted octanol–water partition coefficient (Wildman–Crippen LogP) is 2.23. The summed E-state index contributed by atoms with van der Waals surface area (Å²) in [6.45, 7) is 6.82. The molecule has 2 N–H and O–H groups in total. The van der Waals surface area contributed by atoms with Crippen LogP contribution in [0.1, 0.15) is 46.4 Å². The van der Waals surface area contributed by atoms with Gasteiger partial charge in [-0.1, -0.05) is 0 Å². The van der Waals surface area contributed by atoms with Gasteiger partial charge < -0.3 is 14.6 Å². The number of amides is 1. The van der Waals surface area contributed by atoms with E-state index in [9.17, 15) is 4.79 Å². The number of rotatable bonds is 6. The summed E-state index contributed by atoms with van der Waals surface area (Å²) in [6, 6.07) is 13.7. The summed E-state index contributed by atoms with van der Waals surface area (Å²) in [7, 11) is 0. The lowest BCUT2D eigenvalue weighted by atomic mass is 10.1. The monoisotopic (exact) mass is 379 g/mol. The summed E-state index contributed by atoms with van der Waals surface area (Å²) in [5, 5.41) is 7.59. The Morgan fingerprint density at radius 2 is 1.96 bits per heavy atom. The van der Waals surface area contributed by atoms with Gasteiger partial charge in [-0.05, 0) is 56.3 Å². The van der Waals surface area contributed by atoms with Crippen molar-refractivity contribution in [1.82, 2.24) is 15.1 Å². The van der Waals surface area contributed by atoms with E-state index in [0.717, 1.165) is 35.9 Å². The smallest absolute Gasteiger partial charge is 0.251 e. The molecule has 0 bridgehead atoms. The minimum absolute atomic E-state index is 0.0601. The van der Waals surface area contributed by atoms with Gasteiger partial charge >= 0.3 is 0 Å². The van der Waals surface area contributed by atoms with Crippen LogP contribution < -0.4 is 10.2 Å². The first-order chi connectivity index (χ1) is 13.6. The molecule has 1 saturated heterocycles. The first-order valence-corrected chi connectivity index (χ1v) is 9.92. The molecule has 1 amide bonds. The van der Waals surface area contributed by atoms with E-state index in [0.29, 0.717) is 12.1 Å². The summed E-state index contributed by atoms with van der Waals surface area (Å²) in [4.78, 5) is 14.2. The van der Waals surface area contributed by atoms with Crippen LogP contribution in [0.25, 0.3) is 5.69 Å². The third-order valence-electron chi connectivity index (χ3n) is 5.48. The number of quaternary nitrogens is 1. The van der Waals surface area contributed by atoms with Gasteiger partial charge in [0.1, 0.15) is 0 Å². The number of benzene rings is 1. The molecule has 3 heterocycles. The van der Waals surface area contributed by atoms with Crippen LogP contribution in [-0.2, 0) is 0 Å². The molecular weight excluding hydrogens is 352 g/mol. The standard InChI is InChI=1S/C22H26N4O2/c1-16-14-17(2)26(24-16)19-9-7-18(8-10-19)22(27)23-15-20(21-6-5-13-28-21)25-11-3-4-12-25/h5-10,13-14,20H,3-4,11-12,15H2,1-2H3,(H,23,27)/p+1/t20-/m0/s1. The van der Waals surface area contributed by atoms with E-state index in [1.54, 1.807) is 6.26 Å². The average molecular weight is 379 g/mol. The molecule has 1 fully saturated rings. The number of aromatic nitrogens is 2. The second-order valence-electron chi connectivity index (χ2n) is 7.53. The molecule has 4 rings (SSSR count). The molecule has 6 nitrogen and oxygen atoms in total. The zero-order chi connectivity index (χ0) is 19.5. The van der Waals surface area contributed by atoms with Crippen molar-refractivity contribution in [3.8, 4) is 5.69 Å². The van der Waals surface area contributed by atoms with E-state index in [1.165, 1.54) is 17.7 Å². The largest absolute Gasteiger partial charge is 0.463 e. The fourth-order valence-electron chi connectivity index (χ4n) is 4.05. The van der Waals surface area contributed by atoms with E-state index >= 15 is 0 Å². The predicted molar refractivity (Wildman–Crippen MR) is 107 cm³/mol. The Kier molecular flexibility index (Phi) is 5.30. The molecule has 0 spiro atoms. The highest BCUT2D eigenvalue weighted by molar-refractivity contribution is 5.94. The van der Waals surface area contributed by atoms with Crippen molar-refractivity contribution in [2.75, 3.05) is 19.6 Å². The summed E-state index contributed by atoms with van der Waals surface area (Å²) >= 11 is 0. The first-order valence-electron chi connectivity index (χ1n) is 9.92. The van der Waals surface area contributed by atoms with Gasteiger partial charge in [0.05, 0.1) is 37.3 Å². The fourth-order valence-corrected chi connectivity index (χ4v) is 4.05. The van der Waals surface area contributed by atoms with Crippen molar-refractivity contribution in [1.29, 1.82) is 0 Å². The molecule has 28 heavy (non-hydrogen) atoms. The Balaban J connectivity index is 1.43. The first kappa shape index (κ1) is 18.5. The van der Waals surface area contributed by atoms with Crippen LogP contribution in [0.3, 0.4) is 0 Å². The quantitative estimate of drug-likeness (QED) is 0.690. The maximum atomic E-state index is 12.7. The van der Waals surface area contributed by atoms with Crippen LogP contribution in [0.5, 0.6) is 0 Å². The highest BCUT2D eigenvalue weighted by Crippen LogP contribution is 2.14. The molecule has 0 saturated carbocycles. The molecule has 0 radical (unpaired) electrons. The van der Waals surface area contributed by atoms with Gasteiger partial charge in [0.2, 0.25) is 0 Å². The van der Waals surface area contributed by atoms with Crippen LogP contribution in [-0.4, -0.2) is 35.3 Å². The van der Waals surface area contributed by atoms with Crippen molar-refractivity contribution in [3.05, 3.63) is 71.4 Å². The number of carbonyl (C=O) groups is 1. The number of likely N-dealkylation sites (tertiary alicyclic amines) is 1. The third kappa shape index (κ3) is 3.87. The van der Waals surface area contributed by atoms with Crippen LogP contribution in [0.15, 0.2) is 53.1 Å². The zero-order valence-electron chi connectivity index (χ0n) is 16.4. The van der Waals surface area contributed by atoms with Crippen LogP contribution >= 0.6 is 0 Å². The van der Waals surface area contributed by atoms with Gasteiger partial charge in [0.25, 0.3) is 5.91 Å². The van der Waals surface area contributed by atoms with Crippen LogP contribution in [0.2, 0.25) is 0 Å². The van der Waals surface area contributed by atoms with Crippen molar-refractivity contribution >= 4 is 5.91 Å². The van der Waals surface area contributed by atoms with Gasteiger partial charge in [-0.25, -0.2) is 4.68 Å². The molecular formula is C22H27N4O2+. The number of carbonyl (C=O) groups excluding carboxylic acids is 1. The van der Waals surface area contributed by atoms with Gasteiger partial charge in [0, 0.05) is 24.1 Å². The molecule has 0 unspecified atom stereocenters. The van der Waals surface area contributed by atoms with Crippen molar-refractivity contribution in [2.24, 2.45) is 0 Å². The van der Waals surface area contributed by atoms with Gasteiger partial charge in [0.15, 0.2) is 11.8 Å². The molecule has 1 aromatic carbocycles. The normalized spacial score (nSPS) is 15.6. The third-order valence-corrected chi connectivity index (χ3v) is 5.48. The number of furan rings is 1. The highest BCUT2D eigenvalue weighted by Gasteiger charge is 2.29. The Bertz CT molecular complexity index is 922. The lowest BCUT2D eigenvalue weighted by molar-refractivity contribution is -0.919. The van der Waals surface area contributed by atoms with E-state index < -0.39 is 0 Å². The summed E-state index contributed by atoms with van der Waals surface area (Å²) in [6.07, 6.45) is 4.17. The number of hydrogen-bond donors (Lipinski definition) is 2. The lowest BCUT2D eigenvalue weighted by Crippen LogP contribution is -3.11. The Morgan fingerprint density at radius 3 is 2.57 bits per heavy atom. The number of nitrogens with one attached hydrogen (secondary N) is 2. The van der Waals surface area contributed by atoms with E-state index in [1.807, 2.05) is 61.0 Å². The number of hydrogen-bond acceptors (Lipinski definition) is 3. The second kappa shape index (κ2) is 8.02. The van der Waals surface area contributed by atoms with E-state index in [2.05, 4.69) is 10.4 Å². The summed E-state index contributed by atoms with van der Waals surface area (Å²) < 4.78 is 7.53. The number of aryl methyl sites for hydroxylation is 2. The maximum absolute atomic E-state index is 12.7. The molecule has 146 valence electrons. The SMILES string of the molecule is Cc1cc(C)n(-c2ccc(C(=O)NC[C@@H](c3ccco3)[NH+]3CCCC3)cc2)n1. The molecule has 1 aliphatic rings. The van der Waals surface area contributed by atoms with E-state index in [-0.39, 0.29) is 11.9 Å². The van der Waals surface area contributed by atoms with Crippen molar-refractivity contribution < 1.29 is 14.1 Å². The topological polar surface area (TPSA) is 64.5 Å². The Labute approximate surface area is 165 Å². The molecule has 1 aliphatic heterocycles. The molecule has 2 aromatic heterocycles. The summed E-state index contributed by atoms with van der Waals surface area (Å²) in [5.74, 6) is 0.882. The lowest BCUT2D eigenvalue weighted by Gasteiger charge is -2.23. The van der Waals surface area contributed by atoms with Crippen LogP contribution in [0, 0.1) is 13.8 Å². The van der Waals surface area contributed by atoms with Gasteiger partial charge in [-0.2, -0.15) is 5.10 Å². The van der Waals surface area contributed by atoms with E-state index in [4.69, 9.17) is 4.42 Å². The van der Waals surface area contributed by atoms with Crippen molar-refractivity contribution in [3.63, 3.8) is 0 Å². The van der Waals surface area contributed by atoms with Gasteiger partial charge in [-0.15, -0.1) is 0 Å². The molecule has 1 atom stereocenters. The Morgan fingerprint density at radius 1 is 1.21 bits per heavy atom. The average Bonchev–Trinajstić information content (AvgIpc) is 3.45. The second-order valence-corrected chi connectivity index (χ2v) is 7.53. The fraction of sp³-hybridized carbons (Fsp3) is 0.364. The maximum Gasteiger partial charge on any atom is 0.251 e. The van der Waals surface area contributed by atoms with Crippen LogP contribution in [0.4, 0.5) is 0 Å². The minimum atomic E-state index is -0.0601.